The highest BCUT2D eigenvalue weighted by Crippen LogP contribution is 2.29. The molecule has 1 aliphatic heterocycles. The number of nitrogens with zero attached hydrogens (tertiary/aromatic N) is 2. The summed E-state index contributed by atoms with van der Waals surface area (Å²) in [5.74, 6) is 0.865. The first-order chi connectivity index (χ1) is 8.11. The van der Waals surface area contributed by atoms with Gasteiger partial charge in [0.25, 0.3) is 0 Å². The SMILES string of the molecule is COC1=C(Cl)C=C(N2CCN(O)C(C)C2)CC1. The molecule has 1 fully saturated rings. The minimum absolute atomic E-state index is 0.163. The maximum Gasteiger partial charge on any atom is 0.115 e. The monoisotopic (exact) mass is 258 g/mol. The number of methoxy groups -OCH3 is 1. The number of allylic oxidation sites excluding steroid dienone is 4. The lowest BCUT2D eigenvalue weighted by Gasteiger charge is -2.39. The predicted octanol–water partition coefficient (Wildman–Crippen LogP) is 2.16. The Morgan fingerprint density at radius 1 is 1.41 bits per heavy atom. The van der Waals surface area contributed by atoms with E-state index in [1.807, 2.05) is 13.0 Å². The maximum absolute atomic E-state index is 9.56. The van der Waals surface area contributed by atoms with E-state index in [0.717, 1.165) is 31.7 Å². The molecule has 1 heterocycles. The van der Waals surface area contributed by atoms with E-state index in [2.05, 4.69) is 4.90 Å². The van der Waals surface area contributed by atoms with Gasteiger partial charge >= 0.3 is 0 Å². The molecule has 0 bridgehead atoms. The molecule has 0 aromatic rings. The van der Waals surface area contributed by atoms with Crippen LogP contribution in [0.4, 0.5) is 0 Å². The lowest BCUT2D eigenvalue weighted by atomic mass is 10.1. The Morgan fingerprint density at radius 3 is 2.76 bits per heavy atom. The molecule has 0 radical (unpaired) electrons. The minimum atomic E-state index is 0.163. The molecule has 2 rings (SSSR count). The summed E-state index contributed by atoms with van der Waals surface area (Å²) in [6.45, 7) is 4.39. The van der Waals surface area contributed by atoms with Crippen LogP contribution in [0.25, 0.3) is 0 Å². The van der Waals surface area contributed by atoms with E-state index < -0.39 is 0 Å². The van der Waals surface area contributed by atoms with Gasteiger partial charge in [-0.25, -0.2) is 0 Å². The van der Waals surface area contributed by atoms with Gasteiger partial charge in [-0.3, -0.25) is 0 Å². The van der Waals surface area contributed by atoms with E-state index in [0.29, 0.717) is 11.6 Å². The average Bonchev–Trinajstić information content (AvgIpc) is 2.32. The van der Waals surface area contributed by atoms with Crippen LogP contribution in [0.15, 0.2) is 22.6 Å². The van der Waals surface area contributed by atoms with E-state index in [9.17, 15) is 5.21 Å². The van der Waals surface area contributed by atoms with Crippen LogP contribution >= 0.6 is 11.6 Å². The van der Waals surface area contributed by atoms with E-state index >= 15 is 0 Å². The Balaban J connectivity index is 2.07. The zero-order chi connectivity index (χ0) is 12.4. The van der Waals surface area contributed by atoms with Crippen LogP contribution in [0.3, 0.4) is 0 Å². The minimum Gasteiger partial charge on any atom is -0.500 e. The van der Waals surface area contributed by atoms with Crippen molar-refractivity contribution in [2.24, 2.45) is 0 Å². The summed E-state index contributed by atoms with van der Waals surface area (Å²) in [6.07, 6.45) is 3.80. The molecule has 1 aliphatic carbocycles. The Kier molecular flexibility index (Phi) is 3.97. The van der Waals surface area contributed by atoms with E-state index in [-0.39, 0.29) is 6.04 Å². The Labute approximate surface area is 107 Å². The van der Waals surface area contributed by atoms with Crippen LogP contribution in [0, 0.1) is 0 Å². The highest BCUT2D eigenvalue weighted by atomic mass is 35.5. The van der Waals surface area contributed by atoms with Gasteiger partial charge in [-0.05, 0) is 19.4 Å². The Hall–Kier alpha value is -0.710. The first-order valence-electron chi connectivity index (χ1n) is 5.95. The molecule has 0 aromatic heterocycles. The van der Waals surface area contributed by atoms with Crippen LogP contribution in [0.2, 0.25) is 0 Å². The molecule has 4 nitrogen and oxygen atoms in total. The maximum atomic E-state index is 9.56. The molecule has 0 spiro atoms. The lowest BCUT2D eigenvalue weighted by molar-refractivity contribution is -0.146. The molecule has 0 saturated carbocycles. The lowest BCUT2D eigenvalue weighted by Crippen LogP contribution is -2.49. The van der Waals surface area contributed by atoms with Crippen LogP contribution in [0.5, 0.6) is 0 Å². The van der Waals surface area contributed by atoms with Gasteiger partial charge in [0.2, 0.25) is 0 Å². The fraction of sp³-hybridized carbons (Fsp3) is 0.667. The van der Waals surface area contributed by atoms with Gasteiger partial charge in [0, 0.05) is 37.8 Å². The third-order valence-corrected chi connectivity index (χ3v) is 3.73. The molecule has 1 saturated heterocycles. The van der Waals surface area contributed by atoms with Gasteiger partial charge in [-0.1, -0.05) is 11.6 Å². The van der Waals surface area contributed by atoms with Crippen LogP contribution in [-0.4, -0.2) is 48.0 Å². The van der Waals surface area contributed by atoms with Gasteiger partial charge < -0.3 is 14.8 Å². The standard InChI is InChI=1S/C12H19ClN2O2/c1-9-8-14(5-6-15(9)16)10-3-4-12(17-2)11(13)7-10/h7,9,16H,3-6,8H2,1-2H3. The van der Waals surface area contributed by atoms with Crippen LogP contribution < -0.4 is 0 Å². The van der Waals surface area contributed by atoms with Crippen LogP contribution in [0.1, 0.15) is 19.8 Å². The zero-order valence-electron chi connectivity index (χ0n) is 10.3. The largest absolute Gasteiger partial charge is 0.500 e. The first kappa shape index (κ1) is 12.7. The van der Waals surface area contributed by atoms with Gasteiger partial charge in [-0.15, -0.1) is 0 Å². The van der Waals surface area contributed by atoms with Crippen molar-refractivity contribution >= 4 is 11.6 Å². The quantitative estimate of drug-likeness (QED) is 0.824. The molecule has 96 valence electrons. The fourth-order valence-electron chi connectivity index (χ4n) is 2.32. The number of hydrogen-bond donors (Lipinski definition) is 1. The van der Waals surface area contributed by atoms with E-state index in [4.69, 9.17) is 16.3 Å². The Morgan fingerprint density at radius 2 is 2.18 bits per heavy atom. The predicted molar refractivity (Wildman–Crippen MR) is 66.7 cm³/mol. The number of ether oxygens (including phenoxy) is 1. The van der Waals surface area contributed by atoms with Crippen LogP contribution in [-0.2, 0) is 4.74 Å². The third kappa shape index (κ3) is 2.76. The highest BCUT2D eigenvalue weighted by molar-refractivity contribution is 6.31. The average molecular weight is 259 g/mol. The summed E-state index contributed by atoms with van der Waals surface area (Å²) in [5, 5.41) is 11.7. The van der Waals surface area contributed by atoms with E-state index in [1.54, 1.807) is 7.11 Å². The van der Waals surface area contributed by atoms with E-state index in [1.165, 1.54) is 10.8 Å². The molecule has 17 heavy (non-hydrogen) atoms. The first-order valence-corrected chi connectivity index (χ1v) is 6.33. The number of halogens is 1. The summed E-state index contributed by atoms with van der Waals surface area (Å²) >= 11 is 6.15. The highest BCUT2D eigenvalue weighted by Gasteiger charge is 2.25. The van der Waals surface area contributed by atoms with Crippen molar-refractivity contribution < 1.29 is 9.94 Å². The summed E-state index contributed by atoms with van der Waals surface area (Å²) in [7, 11) is 1.66. The molecule has 1 N–H and O–H groups in total. The molecular formula is C12H19ClN2O2. The second-order valence-corrected chi connectivity index (χ2v) is 4.98. The molecule has 2 aliphatic rings. The number of hydrogen-bond acceptors (Lipinski definition) is 4. The molecule has 1 atom stereocenters. The van der Waals surface area contributed by atoms with Gasteiger partial charge in [-0.2, -0.15) is 5.06 Å². The summed E-state index contributed by atoms with van der Waals surface area (Å²) < 4.78 is 5.21. The summed E-state index contributed by atoms with van der Waals surface area (Å²) in [4.78, 5) is 2.30. The number of piperazine rings is 1. The summed E-state index contributed by atoms with van der Waals surface area (Å²) in [5.41, 5.74) is 1.25. The zero-order valence-corrected chi connectivity index (χ0v) is 11.1. The molecular weight excluding hydrogens is 240 g/mol. The van der Waals surface area contributed by atoms with Crippen molar-refractivity contribution in [3.63, 3.8) is 0 Å². The molecule has 1 unspecified atom stereocenters. The molecule has 0 amide bonds. The second-order valence-electron chi connectivity index (χ2n) is 4.57. The van der Waals surface area contributed by atoms with Crippen molar-refractivity contribution in [3.8, 4) is 0 Å². The van der Waals surface area contributed by atoms with Crippen molar-refractivity contribution in [2.45, 2.75) is 25.8 Å². The second kappa shape index (κ2) is 5.29. The fourth-order valence-corrected chi connectivity index (χ4v) is 2.62. The number of rotatable bonds is 2. The van der Waals surface area contributed by atoms with Crippen molar-refractivity contribution in [3.05, 3.63) is 22.6 Å². The molecule has 0 aromatic carbocycles. The van der Waals surface area contributed by atoms with Crippen molar-refractivity contribution in [2.75, 3.05) is 26.7 Å². The smallest absolute Gasteiger partial charge is 0.115 e. The van der Waals surface area contributed by atoms with Crippen molar-refractivity contribution in [1.29, 1.82) is 0 Å². The topological polar surface area (TPSA) is 35.9 Å². The van der Waals surface area contributed by atoms with Gasteiger partial charge in [0.1, 0.15) is 5.76 Å². The van der Waals surface area contributed by atoms with Crippen molar-refractivity contribution in [1.82, 2.24) is 9.96 Å². The third-order valence-electron chi connectivity index (χ3n) is 3.41. The molecule has 5 heteroatoms. The Bertz CT molecular complexity index is 354. The van der Waals surface area contributed by atoms with Gasteiger partial charge in [0.15, 0.2) is 0 Å². The van der Waals surface area contributed by atoms with Gasteiger partial charge in [0.05, 0.1) is 12.1 Å². The summed E-state index contributed by atoms with van der Waals surface area (Å²) in [6, 6.07) is 0.163. The normalized spacial score (nSPS) is 27.2. The number of hydroxylamine groups is 2.